The topological polar surface area (TPSA) is 64.3 Å². The van der Waals surface area contributed by atoms with Gasteiger partial charge in [0, 0.05) is 0 Å². The van der Waals surface area contributed by atoms with Gasteiger partial charge in [0.15, 0.2) is 0 Å². The standard InChI is InChI=1S/C20H26N2O2/c1-14(2)24-18-11-7-10-17(13-18)15(3)22-20(23)19(21)12-16-8-5-4-6-9-16/h4-11,13-15,19H,12,21H2,1-3H3,(H,22,23)/t15?,19-/m0/s1. The van der Waals surface area contributed by atoms with Gasteiger partial charge in [0.25, 0.3) is 0 Å². The number of hydrogen-bond donors (Lipinski definition) is 2. The van der Waals surface area contributed by atoms with E-state index in [1.165, 1.54) is 0 Å². The molecule has 0 fully saturated rings. The van der Waals surface area contributed by atoms with Crippen LogP contribution in [0.3, 0.4) is 0 Å². The third-order valence-corrected chi connectivity index (χ3v) is 3.72. The Labute approximate surface area is 144 Å². The van der Waals surface area contributed by atoms with Crippen LogP contribution in [-0.2, 0) is 11.2 Å². The zero-order valence-electron chi connectivity index (χ0n) is 14.5. The van der Waals surface area contributed by atoms with Gasteiger partial charge in [-0.25, -0.2) is 0 Å². The number of nitrogens with two attached hydrogens (primary N) is 1. The molecule has 0 aliphatic heterocycles. The number of nitrogens with one attached hydrogen (secondary N) is 1. The number of ether oxygens (including phenoxy) is 1. The van der Waals surface area contributed by atoms with Crippen molar-refractivity contribution in [1.82, 2.24) is 5.32 Å². The van der Waals surface area contributed by atoms with E-state index in [0.29, 0.717) is 6.42 Å². The fourth-order valence-corrected chi connectivity index (χ4v) is 2.49. The van der Waals surface area contributed by atoms with Gasteiger partial charge in [-0.2, -0.15) is 0 Å². The molecule has 0 saturated carbocycles. The average Bonchev–Trinajstić information content (AvgIpc) is 2.55. The van der Waals surface area contributed by atoms with Gasteiger partial charge in [0.2, 0.25) is 5.91 Å². The molecule has 4 nitrogen and oxygen atoms in total. The van der Waals surface area contributed by atoms with E-state index >= 15 is 0 Å². The quantitative estimate of drug-likeness (QED) is 0.821. The molecule has 128 valence electrons. The first-order valence-corrected chi connectivity index (χ1v) is 8.32. The summed E-state index contributed by atoms with van der Waals surface area (Å²) in [4.78, 5) is 12.3. The molecule has 1 unspecified atom stereocenters. The van der Waals surface area contributed by atoms with Crippen molar-refractivity contribution in [2.75, 3.05) is 0 Å². The Kier molecular flexibility index (Phi) is 6.38. The summed E-state index contributed by atoms with van der Waals surface area (Å²) in [6, 6.07) is 16.9. The lowest BCUT2D eigenvalue weighted by atomic mass is 10.0. The highest BCUT2D eigenvalue weighted by Gasteiger charge is 2.17. The molecule has 2 rings (SSSR count). The second-order valence-electron chi connectivity index (χ2n) is 6.27. The maximum absolute atomic E-state index is 12.3. The van der Waals surface area contributed by atoms with Crippen molar-refractivity contribution in [1.29, 1.82) is 0 Å². The van der Waals surface area contributed by atoms with E-state index in [9.17, 15) is 4.79 Å². The van der Waals surface area contributed by atoms with E-state index in [4.69, 9.17) is 10.5 Å². The number of hydrogen-bond acceptors (Lipinski definition) is 3. The zero-order valence-corrected chi connectivity index (χ0v) is 14.5. The Morgan fingerprint density at radius 2 is 1.79 bits per heavy atom. The molecule has 0 bridgehead atoms. The number of amides is 1. The molecular formula is C20H26N2O2. The van der Waals surface area contributed by atoms with Gasteiger partial charge in [-0.3, -0.25) is 4.79 Å². The van der Waals surface area contributed by atoms with Crippen LogP contribution in [0, 0.1) is 0 Å². The molecule has 2 aromatic rings. The SMILES string of the molecule is CC(C)Oc1cccc(C(C)NC(=O)[C@@H](N)Cc2ccccc2)c1. The maximum atomic E-state index is 12.3. The monoisotopic (exact) mass is 326 g/mol. The van der Waals surface area contributed by atoms with Gasteiger partial charge in [-0.05, 0) is 50.5 Å². The summed E-state index contributed by atoms with van der Waals surface area (Å²) >= 11 is 0. The molecule has 0 saturated heterocycles. The number of carbonyl (C=O) groups excluding carboxylic acids is 1. The molecule has 1 amide bonds. The largest absolute Gasteiger partial charge is 0.491 e. The van der Waals surface area contributed by atoms with Crippen molar-refractivity contribution in [2.45, 2.75) is 45.4 Å². The third-order valence-electron chi connectivity index (χ3n) is 3.72. The summed E-state index contributed by atoms with van der Waals surface area (Å²) in [5, 5.41) is 2.98. The first-order chi connectivity index (χ1) is 11.5. The number of carbonyl (C=O) groups is 1. The van der Waals surface area contributed by atoms with Crippen LogP contribution in [0.5, 0.6) is 5.75 Å². The molecule has 0 aliphatic rings. The van der Waals surface area contributed by atoms with Crippen LogP contribution in [0.1, 0.15) is 37.9 Å². The summed E-state index contributed by atoms with van der Waals surface area (Å²) in [6.07, 6.45) is 0.639. The van der Waals surface area contributed by atoms with Crippen LogP contribution in [0.25, 0.3) is 0 Å². The van der Waals surface area contributed by atoms with Gasteiger partial charge in [-0.1, -0.05) is 42.5 Å². The summed E-state index contributed by atoms with van der Waals surface area (Å²) in [6.45, 7) is 5.92. The summed E-state index contributed by atoms with van der Waals surface area (Å²) in [7, 11) is 0. The van der Waals surface area contributed by atoms with E-state index in [1.807, 2.05) is 75.4 Å². The van der Waals surface area contributed by atoms with E-state index < -0.39 is 6.04 Å². The minimum Gasteiger partial charge on any atom is -0.491 e. The van der Waals surface area contributed by atoms with Gasteiger partial charge >= 0.3 is 0 Å². The van der Waals surface area contributed by atoms with Gasteiger partial charge in [-0.15, -0.1) is 0 Å². The maximum Gasteiger partial charge on any atom is 0.237 e. The lowest BCUT2D eigenvalue weighted by Crippen LogP contribution is -2.42. The molecule has 0 heterocycles. The van der Waals surface area contributed by atoms with E-state index in [2.05, 4.69) is 5.32 Å². The molecule has 0 radical (unpaired) electrons. The van der Waals surface area contributed by atoms with E-state index in [1.54, 1.807) is 0 Å². The predicted octanol–water partition coefficient (Wildman–Crippen LogP) is 3.22. The Bertz CT molecular complexity index is 656. The third kappa shape index (κ3) is 5.39. The lowest BCUT2D eigenvalue weighted by molar-refractivity contribution is -0.123. The van der Waals surface area contributed by atoms with E-state index in [-0.39, 0.29) is 18.1 Å². The van der Waals surface area contributed by atoms with Gasteiger partial charge in [0.1, 0.15) is 5.75 Å². The predicted molar refractivity (Wildman–Crippen MR) is 96.9 cm³/mol. The van der Waals surface area contributed by atoms with Crippen LogP contribution < -0.4 is 15.8 Å². The van der Waals surface area contributed by atoms with Crippen molar-refractivity contribution < 1.29 is 9.53 Å². The van der Waals surface area contributed by atoms with Crippen molar-refractivity contribution in [2.24, 2.45) is 5.73 Å². The van der Waals surface area contributed by atoms with Crippen LogP contribution >= 0.6 is 0 Å². The molecule has 0 spiro atoms. The molecule has 0 aromatic heterocycles. The van der Waals surface area contributed by atoms with E-state index in [0.717, 1.165) is 16.9 Å². The second-order valence-corrected chi connectivity index (χ2v) is 6.27. The fraction of sp³-hybridized carbons (Fsp3) is 0.350. The first-order valence-electron chi connectivity index (χ1n) is 8.32. The summed E-state index contributed by atoms with van der Waals surface area (Å²) < 4.78 is 5.70. The highest BCUT2D eigenvalue weighted by atomic mass is 16.5. The molecule has 24 heavy (non-hydrogen) atoms. The minimum absolute atomic E-state index is 0.115. The van der Waals surface area contributed by atoms with Crippen molar-refractivity contribution >= 4 is 5.91 Å². The summed E-state index contributed by atoms with van der Waals surface area (Å²) in [5.41, 5.74) is 8.08. The highest BCUT2D eigenvalue weighted by Crippen LogP contribution is 2.20. The molecule has 3 N–H and O–H groups in total. The Hall–Kier alpha value is -2.33. The van der Waals surface area contributed by atoms with Gasteiger partial charge < -0.3 is 15.8 Å². The molecule has 2 aromatic carbocycles. The highest BCUT2D eigenvalue weighted by molar-refractivity contribution is 5.82. The Morgan fingerprint density at radius 1 is 1.08 bits per heavy atom. The smallest absolute Gasteiger partial charge is 0.237 e. The van der Waals surface area contributed by atoms with Crippen molar-refractivity contribution in [3.05, 3.63) is 65.7 Å². The fourth-order valence-electron chi connectivity index (χ4n) is 2.49. The first kappa shape index (κ1) is 18.0. The van der Waals surface area contributed by atoms with Gasteiger partial charge in [0.05, 0.1) is 18.2 Å². The average molecular weight is 326 g/mol. The van der Waals surface area contributed by atoms with Crippen LogP contribution in [0.4, 0.5) is 0 Å². The minimum atomic E-state index is -0.565. The zero-order chi connectivity index (χ0) is 17.5. The number of rotatable bonds is 7. The normalized spacial score (nSPS) is 13.4. The number of benzene rings is 2. The van der Waals surface area contributed by atoms with Crippen LogP contribution in [0.15, 0.2) is 54.6 Å². The molecule has 4 heteroatoms. The molecule has 2 atom stereocenters. The second kappa shape index (κ2) is 8.50. The molecule has 0 aliphatic carbocycles. The Morgan fingerprint density at radius 3 is 2.46 bits per heavy atom. The van der Waals surface area contributed by atoms with Crippen LogP contribution in [0.2, 0.25) is 0 Å². The summed E-state index contributed by atoms with van der Waals surface area (Å²) in [5.74, 6) is 0.652. The Balaban J connectivity index is 1.95. The lowest BCUT2D eigenvalue weighted by Gasteiger charge is -2.19. The van der Waals surface area contributed by atoms with Crippen molar-refractivity contribution in [3.8, 4) is 5.75 Å². The van der Waals surface area contributed by atoms with Crippen LogP contribution in [-0.4, -0.2) is 18.1 Å². The van der Waals surface area contributed by atoms with Crippen molar-refractivity contribution in [3.63, 3.8) is 0 Å². The molecular weight excluding hydrogens is 300 g/mol.